The van der Waals surface area contributed by atoms with E-state index in [0.717, 1.165) is 6.07 Å². The Morgan fingerprint density at radius 3 is 2.57 bits per heavy atom. The van der Waals surface area contributed by atoms with E-state index in [9.17, 15) is 8.78 Å². The Morgan fingerprint density at radius 2 is 1.81 bits per heavy atom. The van der Waals surface area contributed by atoms with E-state index in [1.54, 1.807) is 25.1 Å². The predicted octanol–water partition coefficient (Wildman–Crippen LogP) is 4.12. The zero-order chi connectivity index (χ0) is 15.1. The second-order valence-corrected chi connectivity index (χ2v) is 5.11. The zero-order valence-corrected chi connectivity index (χ0v) is 11.7. The Morgan fingerprint density at radius 1 is 1.05 bits per heavy atom. The third-order valence-electron chi connectivity index (χ3n) is 3.18. The monoisotopic (exact) mass is 305 g/mol. The van der Waals surface area contributed by atoms with Crippen LogP contribution in [0.4, 0.5) is 14.6 Å². The van der Waals surface area contributed by atoms with Crippen molar-refractivity contribution >= 4 is 28.3 Å². The summed E-state index contributed by atoms with van der Waals surface area (Å²) < 4.78 is 27.3. The molecular weight excluding hydrogens is 296 g/mol. The second-order valence-electron chi connectivity index (χ2n) is 4.68. The minimum absolute atomic E-state index is 0.109. The number of nitrogens with zero attached hydrogens (tertiary/aromatic N) is 2. The highest BCUT2D eigenvalue weighted by Gasteiger charge is 2.14. The fourth-order valence-corrected chi connectivity index (χ4v) is 2.25. The SMILES string of the molecule is Cc1cc(-c2nc(N)c3cc(Cl)ccc3n2)c(F)cc1F. The molecule has 1 heterocycles. The Bertz CT molecular complexity index is 865. The number of nitrogen functional groups attached to an aromatic ring is 1. The van der Waals surface area contributed by atoms with Gasteiger partial charge in [0.1, 0.15) is 17.5 Å². The summed E-state index contributed by atoms with van der Waals surface area (Å²) in [6.07, 6.45) is 0. The van der Waals surface area contributed by atoms with Gasteiger partial charge in [0.2, 0.25) is 0 Å². The van der Waals surface area contributed by atoms with Crippen LogP contribution in [0.2, 0.25) is 5.02 Å². The maximum absolute atomic E-state index is 13.9. The van der Waals surface area contributed by atoms with E-state index in [0.29, 0.717) is 21.5 Å². The number of anilines is 1. The molecule has 0 bridgehead atoms. The molecule has 0 amide bonds. The van der Waals surface area contributed by atoms with Gasteiger partial charge in [-0.05, 0) is 36.8 Å². The van der Waals surface area contributed by atoms with E-state index in [4.69, 9.17) is 17.3 Å². The number of nitrogens with two attached hydrogens (primary N) is 1. The molecule has 0 radical (unpaired) electrons. The van der Waals surface area contributed by atoms with Gasteiger partial charge in [-0.1, -0.05) is 11.6 Å². The van der Waals surface area contributed by atoms with Gasteiger partial charge in [-0.25, -0.2) is 18.7 Å². The first-order valence-electron chi connectivity index (χ1n) is 6.14. The van der Waals surface area contributed by atoms with Crippen LogP contribution in [-0.2, 0) is 0 Å². The predicted molar refractivity (Wildman–Crippen MR) is 79.0 cm³/mol. The van der Waals surface area contributed by atoms with Crippen LogP contribution >= 0.6 is 11.6 Å². The van der Waals surface area contributed by atoms with Gasteiger partial charge in [0.15, 0.2) is 5.82 Å². The lowest BCUT2D eigenvalue weighted by atomic mass is 10.1. The van der Waals surface area contributed by atoms with Crippen molar-refractivity contribution in [3.63, 3.8) is 0 Å². The number of fused-ring (bicyclic) bond motifs is 1. The standard InChI is InChI=1S/C15H10ClF2N3/c1-7-4-9(12(18)6-11(7)17)15-20-13-3-2-8(16)5-10(13)14(19)21-15/h2-6H,1H3,(H2,19,20,21). The van der Waals surface area contributed by atoms with Crippen LogP contribution in [0.1, 0.15) is 5.56 Å². The lowest BCUT2D eigenvalue weighted by Gasteiger charge is -2.08. The van der Waals surface area contributed by atoms with Crippen molar-refractivity contribution in [2.75, 3.05) is 5.73 Å². The molecule has 21 heavy (non-hydrogen) atoms. The van der Waals surface area contributed by atoms with Crippen LogP contribution in [-0.4, -0.2) is 9.97 Å². The summed E-state index contributed by atoms with van der Waals surface area (Å²) in [6, 6.07) is 7.15. The molecule has 6 heteroatoms. The van der Waals surface area contributed by atoms with Crippen LogP contribution in [0.5, 0.6) is 0 Å². The normalized spacial score (nSPS) is 11.0. The minimum atomic E-state index is -0.731. The van der Waals surface area contributed by atoms with Gasteiger partial charge in [-0.3, -0.25) is 0 Å². The topological polar surface area (TPSA) is 51.8 Å². The highest BCUT2D eigenvalue weighted by atomic mass is 35.5. The van der Waals surface area contributed by atoms with Gasteiger partial charge in [-0.2, -0.15) is 0 Å². The number of hydrogen-bond donors (Lipinski definition) is 1. The molecule has 106 valence electrons. The number of benzene rings is 2. The molecule has 0 aliphatic heterocycles. The Labute approximate surface area is 124 Å². The highest BCUT2D eigenvalue weighted by molar-refractivity contribution is 6.31. The number of aryl methyl sites for hydroxylation is 1. The molecule has 0 spiro atoms. The molecule has 3 rings (SSSR count). The molecule has 3 nitrogen and oxygen atoms in total. The lowest BCUT2D eigenvalue weighted by molar-refractivity contribution is 0.579. The van der Waals surface area contributed by atoms with E-state index in [-0.39, 0.29) is 17.2 Å². The minimum Gasteiger partial charge on any atom is -0.383 e. The molecule has 2 aromatic carbocycles. The van der Waals surface area contributed by atoms with Crippen LogP contribution in [0, 0.1) is 18.6 Å². The lowest BCUT2D eigenvalue weighted by Crippen LogP contribution is -2.00. The molecule has 0 unspecified atom stereocenters. The molecule has 2 N–H and O–H groups in total. The summed E-state index contributed by atoms with van der Waals surface area (Å²) in [7, 11) is 0. The molecule has 0 aliphatic carbocycles. The fraction of sp³-hybridized carbons (Fsp3) is 0.0667. The van der Waals surface area contributed by atoms with Crippen molar-refractivity contribution in [3.8, 4) is 11.4 Å². The van der Waals surface area contributed by atoms with E-state index in [1.807, 2.05) is 0 Å². The quantitative estimate of drug-likeness (QED) is 0.736. The first kappa shape index (κ1) is 13.7. The zero-order valence-electron chi connectivity index (χ0n) is 11.0. The van der Waals surface area contributed by atoms with Crippen molar-refractivity contribution in [1.82, 2.24) is 9.97 Å². The van der Waals surface area contributed by atoms with E-state index in [2.05, 4.69) is 9.97 Å². The molecular formula is C15H10ClF2N3. The maximum atomic E-state index is 13.9. The number of rotatable bonds is 1. The van der Waals surface area contributed by atoms with Gasteiger partial charge >= 0.3 is 0 Å². The Hall–Kier alpha value is -2.27. The van der Waals surface area contributed by atoms with Crippen molar-refractivity contribution in [1.29, 1.82) is 0 Å². The largest absolute Gasteiger partial charge is 0.383 e. The van der Waals surface area contributed by atoms with Gasteiger partial charge in [0.25, 0.3) is 0 Å². The van der Waals surface area contributed by atoms with E-state index in [1.165, 1.54) is 6.07 Å². The summed E-state index contributed by atoms with van der Waals surface area (Å²) >= 11 is 5.90. The van der Waals surface area contributed by atoms with Crippen molar-refractivity contribution < 1.29 is 8.78 Å². The average Bonchev–Trinajstić information content (AvgIpc) is 2.43. The van der Waals surface area contributed by atoms with Crippen LogP contribution < -0.4 is 5.73 Å². The molecule has 0 saturated heterocycles. The summed E-state index contributed by atoms with van der Waals surface area (Å²) in [5, 5.41) is 1.10. The molecule has 0 saturated carbocycles. The van der Waals surface area contributed by atoms with Gasteiger partial charge in [0, 0.05) is 16.5 Å². The third-order valence-corrected chi connectivity index (χ3v) is 3.41. The average molecular weight is 306 g/mol. The number of halogens is 3. The molecule has 3 aromatic rings. The van der Waals surface area contributed by atoms with Crippen LogP contribution in [0.25, 0.3) is 22.3 Å². The van der Waals surface area contributed by atoms with Crippen molar-refractivity contribution in [2.45, 2.75) is 6.92 Å². The molecule has 0 fully saturated rings. The first-order valence-corrected chi connectivity index (χ1v) is 6.52. The molecule has 0 atom stereocenters. The highest BCUT2D eigenvalue weighted by Crippen LogP contribution is 2.28. The Kier molecular flexibility index (Phi) is 3.22. The van der Waals surface area contributed by atoms with Gasteiger partial charge in [0.05, 0.1) is 11.1 Å². The maximum Gasteiger partial charge on any atom is 0.165 e. The fourth-order valence-electron chi connectivity index (χ4n) is 2.07. The molecule has 0 aliphatic rings. The van der Waals surface area contributed by atoms with Gasteiger partial charge < -0.3 is 5.73 Å². The number of hydrogen-bond acceptors (Lipinski definition) is 3. The first-order chi connectivity index (χ1) is 9.95. The third kappa shape index (κ3) is 2.40. The summed E-state index contributed by atoms with van der Waals surface area (Å²) in [5.41, 5.74) is 6.84. The summed E-state index contributed by atoms with van der Waals surface area (Å²) in [6.45, 7) is 1.54. The number of aromatic nitrogens is 2. The van der Waals surface area contributed by atoms with Crippen LogP contribution in [0.15, 0.2) is 30.3 Å². The van der Waals surface area contributed by atoms with Crippen molar-refractivity contribution in [2.24, 2.45) is 0 Å². The summed E-state index contributed by atoms with van der Waals surface area (Å²) in [5.74, 6) is -1.04. The van der Waals surface area contributed by atoms with Crippen molar-refractivity contribution in [3.05, 3.63) is 52.6 Å². The van der Waals surface area contributed by atoms with E-state index >= 15 is 0 Å². The second kappa shape index (κ2) is 4.93. The molecule has 1 aromatic heterocycles. The van der Waals surface area contributed by atoms with Gasteiger partial charge in [-0.15, -0.1) is 0 Å². The van der Waals surface area contributed by atoms with E-state index < -0.39 is 11.6 Å². The smallest absolute Gasteiger partial charge is 0.165 e. The Balaban J connectivity index is 2.26. The summed E-state index contributed by atoms with van der Waals surface area (Å²) in [4.78, 5) is 8.36. The van der Waals surface area contributed by atoms with Crippen LogP contribution in [0.3, 0.4) is 0 Å².